The molecule has 1 aliphatic rings. The number of nitrogens with one attached hydrogen (secondary N) is 1. The first-order valence-electron chi connectivity index (χ1n) is 7.21. The standard InChI is InChI=1S/C14H26N4/c1-18-11-13(10-16-18)7-9-14(17-15)8-6-12-4-2-3-5-12/h10-12,14,17H,2-9,15H2,1H3. The van der Waals surface area contributed by atoms with Gasteiger partial charge in [-0.25, -0.2) is 0 Å². The largest absolute Gasteiger partial charge is 0.276 e. The Morgan fingerprint density at radius 1 is 1.44 bits per heavy atom. The first kappa shape index (κ1) is 13.6. The first-order valence-corrected chi connectivity index (χ1v) is 7.21. The van der Waals surface area contributed by atoms with Crippen LogP contribution in [0.25, 0.3) is 0 Å². The van der Waals surface area contributed by atoms with Gasteiger partial charge in [-0.1, -0.05) is 25.7 Å². The van der Waals surface area contributed by atoms with E-state index in [2.05, 4.69) is 16.7 Å². The Hall–Kier alpha value is -0.870. The van der Waals surface area contributed by atoms with Gasteiger partial charge in [0.25, 0.3) is 0 Å². The second-order valence-corrected chi connectivity index (χ2v) is 5.65. The van der Waals surface area contributed by atoms with E-state index in [-0.39, 0.29) is 0 Å². The molecule has 1 heterocycles. The molecule has 0 radical (unpaired) electrons. The highest BCUT2D eigenvalue weighted by molar-refractivity contribution is 5.03. The molecule has 4 nitrogen and oxygen atoms in total. The molecule has 0 amide bonds. The second-order valence-electron chi connectivity index (χ2n) is 5.65. The number of hydrogen-bond acceptors (Lipinski definition) is 3. The molecule has 0 spiro atoms. The third-order valence-electron chi connectivity index (χ3n) is 4.17. The van der Waals surface area contributed by atoms with Gasteiger partial charge in [0.05, 0.1) is 6.20 Å². The number of aromatic nitrogens is 2. The topological polar surface area (TPSA) is 55.9 Å². The van der Waals surface area contributed by atoms with Crippen molar-refractivity contribution < 1.29 is 0 Å². The third-order valence-corrected chi connectivity index (χ3v) is 4.17. The number of nitrogens with zero attached hydrogens (tertiary/aromatic N) is 2. The molecule has 0 bridgehead atoms. The highest BCUT2D eigenvalue weighted by Gasteiger charge is 2.17. The molecule has 1 saturated carbocycles. The van der Waals surface area contributed by atoms with E-state index in [1.54, 1.807) is 0 Å². The van der Waals surface area contributed by atoms with Crippen molar-refractivity contribution in [3.8, 4) is 0 Å². The molecule has 1 aromatic rings. The van der Waals surface area contributed by atoms with E-state index < -0.39 is 0 Å². The molecule has 1 atom stereocenters. The van der Waals surface area contributed by atoms with Crippen LogP contribution < -0.4 is 11.3 Å². The van der Waals surface area contributed by atoms with E-state index in [9.17, 15) is 0 Å². The number of hydrazine groups is 1. The Morgan fingerprint density at radius 3 is 2.83 bits per heavy atom. The average molecular weight is 250 g/mol. The summed E-state index contributed by atoms with van der Waals surface area (Å²) in [6.07, 6.45) is 14.5. The van der Waals surface area contributed by atoms with Crippen LogP contribution in [0.3, 0.4) is 0 Å². The van der Waals surface area contributed by atoms with Crippen molar-refractivity contribution in [3.05, 3.63) is 18.0 Å². The van der Waals surface area contributed by atoms with Gasteiger partial charge < -0.3 is 0 Å². The van der Waals surface area contributed by atoms with Crippen molar-refractivity contribution in [2.75, 3.05) is 0 Å². The maximum absolute atomic E-state index is 5.66. The molecule has 1 aliphatic carbocycles. The van der Waals surface area contributed by atoms with Crippen molar-refractivity contribution in [2.24, 2.45) is 18.8 Å². The zero-order chi connectivity index (χ0) is 12.8. The Balaban J connectivity index is 1.68. The minimum atomic E-state index is 0.450. The summed E-state index contributed by atoms with van der Waals surface area (Å²) in [5, 5.41) is 4.19. The van der Waals surface area contributed by atoms with Crippen molar-refractivity contribution in [3.63, 3.8) is 0 Å². The average Bonchev–Trinajstić information content (AvgIpc) is 3.01. The summed E-state index contributed by atoms with van der Waals surface area (Å²) in [6, 6.07) is 0.450. The molecular formula is C14H26N4. The molecule has 18 heavy (non-hydrogen) atoms. The summed E-state index contributed by atoms with van der Waals surface area (Å²) in [7, 11) is 1.96. The lowest BCUT2D eigenvalue weighted by Crippen LogP contribution is -2.35. The molecule has 3 N–H and O–H groups in total. The summed E-state index contributed by atoms with van der Waals surface area (Å²) in [6.45, 7) is 0. The van der Waals surface area contributed by atoms with Gasteiger partial charge in [0.2, 0.25) is 0 Å². The van der Waals surface area contributed by atoms with Crippen LogP contribution in [0.5, 0.6) is 0 Å². The van der Waals surface area contributed by atoms with E-state index in [1.165, 1.54) is 44.1 Å². The zero-order valence-electron chi connectivity index (χ0n) is 11.4. The number of aryl methyl sites for hydroxylation is 2. The molecule has 1 fully saturated rings. The van der Waals surface area contributed by atoms with Gasteiger partial charge in [-0.15, -0.1) is 0 Å². The highest BCUT2D eigenvalue weighted by atomic mass is 15.2. The minimum absolute atomic E-state index is 0.450. The van der Waals surface area contributed by atoms with Crippen LogP contribution in [-0.2, 0) is 13.5 Å². The van der Waals surface area contributed by atoms with Gasteiger partial charge in [-0.05, 0) is 37.2 Å². The molecule has 4 heteroatoms. The monoisotopic (exact) mass is 250 g/mol. The van der Waals surface area contributed by atoms with Crippen LogP contribution in [0.1, 0.15) is 50.5 Å². The minimum Gasteiger partial charge on any atom is -0.276 e. The van der Waals surface area contributed by atoms with Gasteiger partial charge in [0.1, 0.15) is 0 Å². The zero-order valence-corrected chi connectivity index (χ0v) is 11.4. The van der Waals surface area contributed by atoms with Crippen molar-refractivity contribution in [2.45, 2.75) is 57.4 Å². The predicted octanol–water partition coefficient (Wildman–Crippen LogP) is 2.16. The molecule has 0 saturated heterocycles. The van der Waals surface area contributed by atoms with Crippen LogP contribution in [0.2, 0.25) is 0 Å². The lowest BCUT2D eigenvalue weighted by Gasteiger charge is -2.17. The Kier molecular flexibility index (Phi) is 5.20. The SMILES string of the molecule is Cn1cc(CCC(CCC2CCCC2)NN)cn1. The molecule has 0 aromatic carbocycles. The smallest absolute Gasteiger partial charge is 0.0521 e. The summed E-state index contributed by atoms with van der Waals surface area (Å²) >= 11 is 0. The lowest BCUT2D eigenvalue weighted by molar-refractivity contribution is 0.394. The van der Waals surface area contributed by atoms with E-state index in [0.717, 1.165) is 18.8 Å². The number of nitrogens with two attached hydrogens (primary N) is 1. The van der Waals surface area contributed by atoms with Gasteiger partial charge in [-0.2, -0.15) is 5.10 Å². The van der Waals surface area contributed by atoms with E-state index in [1.807, 2.05) is 17.9 Å². The van der Waals surface area contributed by atoms with Crippen LogP contribution in [-0.4, -0.2) is 15.8 Å². The van der Waals surface area contributed by atoms with Gasteiger partial charge in [0.15, 0.2) is 0 Å². The van der Waals surface area contributed by atoms with Gasteiger partial charge >= 0.3 is 0 Å². The summed E-state index contributed by atoms with van der Waals surface area (Å²) in [5.41, 5.74) is 4.28. The summed E-state index contributed by atoms with van der Waals surface area (Å²) in [4.78, 5) is 0. The first-order chi connectivity index (χ1) is 8.78. The molecule has 0 aliphatic heterocycles. The molecule has 2 rings (SSSR count). The Labute approximate surface area is 110 Å². The fraction of sp³-hybridized carbons (Fsp3) is 0.786. The fourth-order valence-corrected chi connectivity index (χ4v) is 2.99. The normalized spacial score (nSPS) is 18.3. The highest BCUT2D eigenvalue weighted by Crippen LogP contribution is 2.29. The predicted molar refractivity (Wildman–Crippen MR) is 73.8 cm³/mol. The molecule has 102 valence electrons. The maximum Gasteiger partial charge on any atom is 0.0521 e. The molecule has 1 aromatic heterocycles. The van der Waals surface area contributed by atoms with E-state index >= 15 is 0 Å². The van der Waals surface area contributed by atoms with Gasteiger partial charge in [-0.3, -0.25) is 16.0 Å². The quantitative estimate of drug-likeness (QED) is 0.576. The number of rotatable bonds is 7. The molecular weight excluding hydrogens is 224 g/mol. The van der Waals surface area contributed by atoms with E-state index in [4.69, 9.17) is 5.84 Å². The molecule has 1 unspecified atom stereocenters. The third kappa shape index (κ3) is 4.10. The Bertz CT molecular complexity index is 341. The van der Waals surface area contributed by atoms with Crippen molar-refractivity contribution >= 4 is 0 Å². The lowest BCUT2D eigenvalue weighted by atomic mass is 9.96. The summed E-state index contributed by atoms with van der Waals surface area (Å²) in [5.74, 6) is 6.61. The summed E-state index contributed by atoms with van der Waals surface area (Å²) < 4.78 is 1.86. The van der Waals surface area contributed by atoms with Gasteiger partial charge in [0, 0.05) is 19.3 Å². The van der Waals surface area contributed by atoms with Crippen LogP contribution >= 0.6 is 0 Å². The van der Waals surface area contributed by atoms with Crippen LogP contribution in [0, 0.1) is 5.92 Å². The van der Waals surface area contributed by atoms with Crippen molar-refractivity contribution in [1.82, 2.24) is 15.2 Å². The Morgan fingerprint density at radius 2 is 2.22 bits per heavy atom. The maximum atomic E-state index is 5.66. The number of hydrogen-bond donors (Lipinski definition) is 2. The van der Waals surface area contributed by atoms with E-state index in [0.29, 0.717) is 6.04 Å². The van der Waals surface area contributed by atoms with Crippen molar-refractivity contribution in [1.29, 1.82) is 0 Å². The second kappa shape index (κ2) is 6.90. The van der Waals surface area contributed by atoms with Crippen LogP contribution in [0.4, 0.5) is 0 Å². The fourth-order valence-electron chi connectivity index (χ4n) is 2.99. The van der Waals surface area contributed by atoms with Crippen LogP contribution in [0.15, 0.2) is 12.4 Å².